The molecule has 0 aliphatic heterocycles. The molecule has 8 heteroatoms. The van der Waals surface area contributed by atoms with E-state index in [4.69, 9.17) is 16.3 Å². The lowest BCUT2D eigenvalue weighted by atomic mass is 10.1. The SMILES string of the molecule is COc1cc(I)cc(C(=O)Nc2ccc(Cl)c(C(F)(F)F)c2)c1. The second-order valence-corrected chi connectivity index (χ2v) is 6.18. The molecule has 0 radical (unpaired) electrons. The molecule has 0 heterocycles. The van der Waals surface area contributed by atoms with Crippen molar-refractivity contribution in [2.45, 2.75) is 6.18 Å². The molecular formula is C15H10ClF3INO2. The molecule has 0 aliphatic carbocycles. The summed E-state index contributed by atoms with van der Waals surface area (Å²) < 4.78 is 44.3. The Bertz CT molecular complexity index is 750. The van der Waals surface area contributed by atoms with E-state index >= 15 is 0 Å². The van der Waals surface area contributed by atoms with Gasteiger partial charge in [-0.25, -0.2) is 0 Å². The third-order valence-electron chi connectivity index (χ3n) is 2.90. The van der Waals surface area contributed by atoms with E-state index in [1.54, 1.807) is 12.1 Å². The van der Waals surface area contributed by atoms with Gasteiger partial charge in [0, 0.05) is 14.8 Å². The summed E-state index contributed by atoms with van der Waals surface area (Å²) in [5.74, 6) is -0.0635. The van der Waals surface area contributed by atoms with Crippen LogP contribution < -0.4 is 10.1 Å². The van der Waals surface area contributed by atoms with Gasteiger partial charge in [-0.3, -0.25) is 4.79 Å². The Morgan fingerprint density at radius 3 is 2.52 bits per heavy atom. The number of hydrogen-bond donors (Lipinski definition) is 1. The van der Waals surface area contributed by atoms with Gasteiger partial charge in [0.25, 0.3) is 5.91 Å². The fourth-order valence-electron chi connectivity index (χ4n) is 1.84. The molecule has 0 unspecified atom stereocenters. The van der Waals surface area contributed by atoms with Crippen LogP contribution in [0.2, 0.25) is 5.02 Å². The summed E-state index contributed by atoms with van der Waals surface area (Å²) in [5, 5.41) is 2.00. The number of hydrogen-bond acceptors (Lipinski definition) is 2. The number of alkyl halides is 3. The summed E-state index contributed by atoms with van der Waals surface area (Å²) in [7, 11) is 1.46. The molecule has 1 amide bonds. The van der Waals surface area contributed by atoms with Crippen molar-refractivity contribution in [1.29, 1.82) is 0 Å². The minimum absolute atomic E-state index is 0.00422. The second-order valence-electron chi connectivity index (χ2n) is 4.53. The van der Waals surface area contributed by atoms with Crippen LogP contribution in [0.5, 0.6) is 5.75 Å². The van der Waals surface area contributed by atoms with Crippen LogP contribution in [-0.4, -0.2) is 13.0 Å². The van der Waals surface area contributed by atoms with Crippen LogP contribution >= 0.6 is 34.2 Å². The highest BCUT2D eigenvalue weighted by Crippen LogP contribution is 2.36. The lowest BCUT2D eigenvalue weighted by molar-refractivity contribution is -0.137. The molecule has 0 bridgehead atoms. The van der Waals surface area contributed by atoms with Crippen molar-refractivity contribution >= 4 is 45.8 Å². The Hall–Kier alpha value is -1.48. The Labute approximate surface area is 148 Å². The van der Waals surface area contributed by atoms with Crippen molar-refractivity contribution < 1.29 is 22.7 Å². The number of anilines is 1. The predicted molar refractivity (Wildman–Crippen MR) is 90.1 cm³/mol. The maximum Gasteiger partial charge on any atom is 0.417 e. The van der Waals surface area contributed by atoms with E-state index in [1.807, 2.05) is 22.6 Å². The van der Waals surface area contributed by atoms with Crippen molar-refractivity contribution in [2.24, 2.45) is 0 Å². The van der Waals surface area contributed by atoms with Gasteiger partial charge in [-0.1, -0.05) is 11.6 Å². The van der Waals surface area contributed by atoms with E-state index in [-0.39, 0.29) is 11.3 Å². The fourth-order valence-corrected chi connectivity index (χ4v) is 2.70. The van der Waals surface area contributed by atoms with Gasteiger partial charge >= 0.3 is 6.18 Å². The maximum absolute atomic E-state index is 12.8. The Morgan fingerprint density at radius 1 is 1.22 bits per heavy atom. The zero-order valence-corrected chi connectivity index (χ0v) is 14.6. The van der Waals surface area contributed by atoms with E-state index in [1.165, 1.54) is 19.2 Å². The first kappa shape index (κ1) is 17.9. The van der Waals surface area contributed by atoms with Gasteiger partial charge < -0.3 is 10.1 Å². The maximum atomic E-state index is 12.8. The number of halogens is 5. The molecule has 23 heavy (non-hydrogen) atoms. The Kier molecular flexibility index (Phi) is 5.41. The highest BCUT2D eigenvalue weighted by Gasteiger charge is 2.33. The highest BCUT2D eigenvalue weighted by molar-refractivity contribution is 14.1. The van der Waals surface area contributed by atoms with Crippen LogP contribution in [0.3, 0.4) is 0 Å². The standard InChI is InChI=1S/C15H10ClF3INO2/c1-23-11-5-8(4-9(20)6-11)14(22)21-10-2-3-13(16)12(7-10)15(17,18)19/h2-7H,1H3,(H,21,22). The molecule has 0 atom stereocenters. The van der Waals surface area contributed by atoms with E-state index < -0.39 is 22.7 Å². The zero-order valence-electron chi connectivity index (χ0n) is 11.7. The van der Waals surface area contributed by atoms with E-state index in [2.05, 4.69) is 5.32 Å². The molecule has 0 aromatic heterocycles. The summed E-state index contributed by atoms with van der Waals surface area (Å²) in [5.41, 5.74) is -0.723. The van der Waals surface area contributed by atoms with Crippen molar-refractivity contribution in [3.63, 3.8) is 0 Å². The van der Waals surface area contributed by atoms with Crippen LogP contribution in [-0.2, 0) is 6.18 Å². The minimum Gasteiger partial charge on any atom is -0.497 e. The van der Waals surface area contributed by atoms with Gasteiger partial charge in [0.05, 0.1) is 17.7 Å². The molecule has 2 aromatic carbocycles. The molecule has 0 aliphatic rings. The molecular weight excluding hydrogens is 446 g/mol. The number of carbonyl (C=O) groups is 1. The van der Waals surface area contributed by atoms with Crippen molar-refractivity contribution in [1.82, 2.24) is 0 Å². The first-order chi connectivity index (χ1) is 10.7. The monoisotopic (exact) mass is 455 g/mol. The number of rotatable bonds is 3. The van der Waals surface area contributed by atoms with Crippen LogP contribution in [0.1, 0.15) is 15.9 Å². The summed E-state index contributed by atoms with van der Waals surface area (Å²) in [6.45, 7) is 0. The van der Waals surface area contributed by atoms with E-state index in [0.717, 1.165) is 15.7 Å². The summed E-state index contributed by atoms with van der Waals surface area (Å²) in [6.07, 6.45) is -4.59. The molecule has 0 fully saturated rings. The van der Waals surface area contributed by atoms with Crippen LogP contribution in [0, 0.1) is 3.57 Å². The lowest BCUT2D eigenvalue weighted by Crippen LogP contribution is -2.14. The molecule has 3 nitrogen and oxygen atoms in total. The average molecular weight is 456 g/mol. The minimum atomic E-state index is -4.59. The van der Waals surface area contributed by atoms with Crippen LogP contribution in [0.15, 0.2) is 36.4 Å². The number of carbonyl (C=O) groups excluding carboxylic acids is 1. The second kappa shape index (κ2) is 6.96. The largest absolute Gasteiger partial charge is 0.497 e. The zero-order chi connectivity index (χ0) is 17.2. The molecule has 1 N–H and O–H groups in total. The van der Waals surface area contributed by atoms with E-state index in [0.29, 0.717) is 5.75 Å². The van der Waals surface area contributed by atoms with Crippen LogP contribution in [0.25, 0.3) is 0 Å². The molecule has 0 spiro atoms. The van der Waals surface area contributed by atoms with E-state index in [9.17, 15) is 18.0 Å². The summed E-state index contributed by atoms with van der Waals surface area (Å²) in [4.78, 5) is 12.2. The fraction of sp³-hybridized carbons (Fsp3) is 0.133. The highest BCUT2D eigenvalue weighted by atomic mass is 127. The lowest BCUT2D eigenvalue weighted by Gasteiger charge is -2.12. The molecule has 0 saturated heterocycles. The topological polar surface area (TPSA) is 38.3 Å². The summed E-state index contributed by atoms with van der Waals surface area (Å²) in [6, 6.07) is 8.01. The third kappa shape index (κ3) is 4.51. The Balaban J connectivity index is 2.29. The van der Waals surface area contributed by atoms with Crippen LogP contribution in [0.4, 0.5) is 18.9 Å². The van der Waals surface area contributed by atoms with Gasteiger partial charge in [-0.15, -0.1) is 0 Å². The quantitative estimate of drug-likeness (QED) is 0.644. The molecule has 2 rings (SSSR count). The summed E-state index contributed by atoms with van der Waals surface area (Å²) >= 11 is 7.56. The first-order valence-electron chi connectivity index (χ1n) is 6.23. The van der Waals surface area contributed by atoms with Crippen molar-refractivity contribution in [2.75, 3.05) is 12.4 Å². The number of amides is 1. The predicted octanol–water partition coefficient (Wildman–Crippen LogP) is 5.22. The first-order valence-corrected chi connectivity index (χ1v) is 7.69. The van der Waals surface area contributed by atoms with Gasteiger partial charge in [0.1, 0.15) is 5.75 Å². The molecule has 2 aromatic rings. The van der Waals surface area contributed by atoms with Gasteiger partial charge in [0.15, 0.2) is 0 Å². The molecule has 0 saturated carbocycles. The molecule has 122 valence electrons. The van der Waals surface area contributed by atoms with Gasteiger partial charge in [-0.05, 0) is 59.0 Å². The number of benzene rings is 2. The smallest absolute Gasteiger partial charge is 0.417 e. The van der Waals surface area contributed by atoms with Gasteiger partial charge in [0.2, 0.25) is 0 Å². The number of nitrogens with one attached hydrogen (secondary N) is 1. The average Bonchev–Trinajstić information content (AvgIpc) is 2.47. The van der Waals surface area contributed by atoms with Crippen molar-refractivity contribution in [3.05, 3.63) is 56.1 Å². The van der Waals surface area contributed by atoms with Gasteiger partial charge in [-0.2, -0.15) is 13.2 Å². The number of ether oxygens (including phenoxy) is 1. The number of methoxy groups -OCH3 is 1. The Morgan fingerprint density at radius 2 is 1.91 bits per heavy atom. The normalized spacial score (nSPS) is 11.2. The third-order valence-corrected chi connectivity index (χ3v) is 3.85. The van der Waals surface area contributed by atoms with Crippen molar-refractivity contribution in [3.8, 4) is 5.75 Å².